The molecule has 2 aliphatic rings. The highest BCUT2D eigenvalue weighted by molar-refractivity contribution is 6.16. The maximum Gasteiger partial charge on any atom is 0.423 e. The minimum absolute atomic E-state index is 0.0570. The number of aliphatic hydroxyl groups excluding tert-OH is 2. The van der Waals surface area contributed by atoms with E-state index in [4.69, 9.17) is 0 Å². The lowest BCUT2D eigenvalue weighted by Crippen LogP contribution is -2.40. The zero-order chi connectivity index (χ0) is 30.0. The van der Waals surface area contributed by atoms with Crippen LogP contribution in [0.5, 0.6) is 5.75 Å². The fraction of sp³-hybridized carbons (Fsp3) is 0.438. The summed E-state index contributed by atoms with van der Waals surface area (Å²) >= 11 is 0. The van der Waals surface area contributed by atoms with Crippen LogP contribution in [0, 0.1) is 37.5 Å². The number of imide groups is 3. The largest absolute Gasteiger partial charge is 0.507 e. The van der Waals surface area contributed by atoms with Gasteiger partial charge >= 0.3 is 6.09 Å². The van der Waals surface area contributed by atoms with Crippen LogP contribution in [0.2, 0.25) is 0 Å². The SMILES string of the molecule is COC(=O)N1C(=O)[C@@H]2[C@@H](CC(C(C)C)=C([C@H](O)CC/C(=C/c3cc(C)c(O)c(C)c3)c3ccccn3)[C@@H]2CO)C1=O. The number of hydrogen-bond donors (Lipinski definition) is 3. The van der Waals surface area contributed by atoms with Crippen molar-refractivity contribution in [1.29, 1.82) is 0 Å². The average Bonchev–Trinajstić information content (AvgIpc) is 3.21. The maximum absolute atomic E-state index is 13.3. The first kappa shape index (κ1) is 30.1. The smallest absolute Gasteiger partial charge is 0.423 e. The molecule has 4 rings (SSSR count). The summed E-state index contributed by atoms with van der Waals surface area (Å²) in [5, 5.41) is 32.3. The molecule has 1 saturated heterocycles. The molecule has 3 N–H and O–H groups in total. The van der Waals surface area contributed by atoms with Crippen LogP contribution in [0.15, 0.2) is 47.7 Å². The number of methoxy groups -OCH3 is 1. The van der Waals surface area contributed by atoms with E-state index in [-0.39, 0.29) is 24.5 Å². The summed E-state index contributed by atoms with van der Waals surface area (Å²) in [6.45, 7) is 7.12. The quantitative estimate of drug-likeness (QED) is 0.318. The maximum atomic E-state index is 13.3. The van der Waals surface area contributed by atoms with Gasteiger partial charge in [-0.2, -0.15) is 4.90 Å². The Morgan fingerprint density at radius 3 is 2.41 bits per heavy atom. The number of phenols is 1. The Morgan fingerprint density at radius 2 is 1.85 bits per heavy atom. The van der Waals surface area contributed by atoms with E-state index in [0.717, 1.165) is 40.6 Å². The number of aromatic nitrogens is 1. The van der Waals surface area contributed by atoms with Gasteiger partial charge in [0.1, 0.15) is 5.75 Å². The Labute approximate surface area is 240 Å². The molecule has 9 heteroatoms. The summed E-state index contributed by atoms with van der Waals surface area (Å²) in [6.07, 6.45) is 2.57. The van der Waals surface area contributed by atoms with Crippen molar-refractivity contribution in [3.8, 4) is 5.75 Å². The number of ether oxygens (including phenoxy) is 1. The molecule has 1 aliphatic carbocycles. The molecule has 1 aromatic carbocycles. The molecule has 0 bridgehead atoms. The van der Waals surface area contributed by atoms with Crippen molar-refractivity contribution in [3.63, 3.8) is 0 Å². The van der Waals surface area contributed by atoms with Gasteiger partial charge in [0.05, 0.1) is 37.4 Å². The zero-order valence-electron chi connectivity index (χ0n) is 24.1. The first-order valence-electron chi connectivity index (χ1n) is 13.9. The Morgan fingerprint density at radius 1 is 1.17 bits per heavy atom. The summed E-state index contributed by atoms with van der Waals surface area (Å²) in [4.78, 5) is 43.6. The number of allylic oxidation sites excluding steroid dienone is 2. The van der Waals surface area contributed by atoms with E-state index in [9.17, 15) is 29.7 Å². The molecule has 0 spiro atoms. The number of likely N-dealkylation sites (tertiary alicyclic amines) is 1. The van der Waals surface area contributed by atoms with Gasteiger partial charge in [0.2, 0.25) is 11.8 Å². The summed E-state index contributed by atoms with van der Waals surface area (Å²) in [7, 11) is 1.11. The Balaban J connectivity index is 1.68. The van der Waals surface area contributed by atoms with E-state index in [0.29, 0.717) is 16.9 Å². The highest BCUT2D eigenvalue weighted by Gasteiger charge is 2.57. The van der Waals surface area contributed by atoms with Crippen LogP contribution in [0.1, 0.15) is 55.5 Å². The standard InChI is InChI=1S/C32H38N2O7/c1-17(2)22-15-23-28(31(39)34(30(23)38)32(40)41-5)24(16-35)27(22)26(36)10-9-21(25-8-6-7-11-33-25)14-20-12-18(3)29(37)19(4)13-20/h6-8,11-14,17,23-24,26,28,35-37H,9-10,15-16H2,1-5H3/b21-14-/t23-,24+,26-,28-/m1/s1. The summed E-state index contributed by atoms with van der Waals surface area (Å²) in [5.74, 6) is -3.69. The second-order valence-corrected chi connectivity index (χ2v) is 11.2. The number of amides is 3. The molecule has 3 amide bonds. The minimum atomic E-state index is -1.04. The number of benzene rings is 1. The van der Waals surface area contributed by atoms with Crippen LogP contribution in [0.25, 0.3) is 11.6 Å². The lowest BCUT2D eigenvalue weighted by Gasteiger charge is -2.38. The van der Waals surface area contributed by atoms with E-state index in [1.165, 1.54) is 0 Å². The van der Waals surface area contributed by atoms with Crippen molar-refractivity contribution < 1.29 is 34.4 Å². The molecule has 1 aliphatic heterocycles. The molecular weight excluding hydrogens is 524 g/mol. The molecule has 41 heavy (non-hydrogen) atoms. The van der Waals surface area contributed by atoms with Gasteiger partial charge in [0.15, 0.2) is 0 Å². The molecular formula is C32H38N2O7. The molecule has 0 radical (unpaired) electrons. The van der Waals surface area contributed by atoms with Gasteiger partial charge in [0, 0.05) is 12.1 Å². The number of carbonyl (C=O) groups excluding carboxylic acids is 3. The molecule has 218 valence electrons. The lowest BCUT2D eigenvalue weighted by molar-refractivity contribution is -0.137. The van der Waals surface area contributed by atoms with Gasteiger partial charge in [-0.05, 0) is 97.2 Å². The van der Waals surface area contributed by atoms with Crippen molar-refractivity contribution in [2.45, 2.75) is 53.1 Å². The number of carbonyl (C=O) groups is 3. The molecule has 4 atom stereocenters. The molecule has 1 fully saturated rings. The third-order valence-electron chi connectivity index (χ3n) is 8.27. The lowest BCUT2D eigenvalue weighted by atomic mass is 9.66. The highest BCUT2D eigenvalue weighted by Crippen LogP contribution is 2.48. The van der Waals surface area contributed by atoms with E-state index < -0.39 is 48.4 Å². The van der Waals surface area contributed by atoms with Gasteiger partial charge in [-0.15, -0.1) is 0 Å². The van der Waals surface area contributed by atoms with Crippen molar-refractivity contribution in [1.82, 2.24) is 9.88 Å². The fourth-order valence-corrected chi connectivity index (χ4v) is 6.26. The molecule has 2 heterocycles. The predicted octanol–water partition coefficient (Wildman–Crippen LogP) is 4.42. The van der Waals surface area contributed by atoms with E-state index in [1.807, 2.05) is 64.1 Å². The molecule has 0 saturated carbocycles. The number of aliphatic hydroxyl groups is 2. The normalized spacial score (nSPS) is 21.9. The third-order valence-corrected chi connectivity index (χ3v) is 8.27. The average molecular weight is 563 g/mol. The third kappa shape index (κ3) is 5.83. The number of pyridine rings is 1. The number of aromatic hydroxyl groups is 1. The second-order valence-electron chi connectivity index (χ2n) is 11.2. The zero-order valence-corrected chi connectivity index (χ0v) is 24.1. The van der Waals surface area contributed by atoms with Crippen molar-refractivity contribution in [3.05, 3.63) is 70.1 Å². The van der Waals surface area contributed by atoms with E-state index in [2.05, 4.69) is 9.72 Å². The second kappa shape index (κ2) is 12.4. The minimum Gasteiger partial charge on any atom is -0.507 e. The number of hydrogen-bond acceptors (Lipinski definition) is 8. The fourth-order valence-electron chi connectivity index (χ4n) is 6.26. The molecule has 2 aromatic rings. The van der Waals surface area contributed by atoms with Gasteiger partial charge in [-0.25, -0.2) is 4.79 Å². The van der Waals surface area contributed by atoms with Crippen molar-refractivity contribution in [2.75, 3.05) is 13.7 Å². The molecule has 1 aromatic heterocycles. The summed E-state index contributed by atoms with van der Waals surface area (Å²) < 4.78 is 4.67. The van der Waals surface area contributed by atoms with Crippen LogP contribution in [0.4, 0.5) is 4.79 Å². The van der Waals surface area contributed by atoms with Gasteiger partial charge < -0.3 is 20.1 Å². The summed E-state index contributed by atoms with van der Waals surface area (Å²) in [5.41, 5.74) is 5.40. The number of phenolic OH excluding ortho intramolecular Hbond substituents is 1. The Kier molecular flexibility index (Phi) is 9.09. The molecule has 9 nitrogen and oxygen atoms in total. The topological polar surface area (TPSA) is 137 Å². The first-order chi connectivity index (χ1) is 19.5. The van der Waals surface area contributed by atoms with E-state index in [1.54, 1.807) is 6.20 Å². The first-order valence-corrected chi connectivity index (χ1v) is 13.9. The van der Waals surface area contributed by atoms with Crippen molar-refractivity contribution in [2.24, 2.45) is 23.7 Å². The number of rotatable bonds is 8. The van der Waals surface area contributed by atoms with Crippen LogP contribution in [-0.2, 0) is 14.3 Å². The van der Waals surface area contributed by atoms with Crippen LogP contribution in [0.3, 0.4) is 0 Å². The predicted molar refractivity (Wildman–Crippen MR) is 153 cm³/mol. The Hall–Kier alpha value is -3.82. The highest BCUT2D eigenvalue weighted by atomic mass is 16.5. The van der Waals surface area contributed by atoms with Crippen LogP contribution < -0.4 is 0 Å². The summed E-state index contributed by atoms with van der Waals surface area (Å²) in [6, 6.07) is 9.38. The van der Waals surface area contributed by atoms with E-state index >= 15 is 0 Å². The number of fused-ring (bicyclic) bond motifs is 1. The van der Waals surface area contributed by atoms with Crippen LogP contribution in [-0.4, -0.2) is 62.9 Å². The number of aryl methyl sites for hydroxylation is 2. The monoisotopic (exact) mass is 562 g/mol. The van der Waals surface area contributed by atoms with Gasteiger partial charge in [0.25, 0.3) is 0 Å². The van der Waals surface area contributed by atoms with Crippen LogP contribution >= 0.6 is 0 Å². The van der Waals surface area contributed by atoms with Crippen molar-refractivity contribution >= 4 is 29.6 Å². The Bertz CT molecular complexity index is 1370. The van der Waals surface area contributed by atoms with Gasteiger partial charge in [-0.1, -0.05) is 25.5 Å². The molecule has 0 unspecified atom stereocenters. The number of nitrogens with zero attached hydrogens (tertiary/aromatic N) is 2. The van der Waals surface area contributed by atoms with Gasteiger partial charge in [-0.3, -0.25) is 14.6 Å².